The van der Waals surface area contributed by atoms with Crippen molar-refractivity contribution in [3.05, 3.63) is 95.3 Å². The molecule has 190 valence electrons. The largest absolute Gasteiger partial charge is 0.355 e. The van der Waals surface area contributed by atoms with Crippen LogP contribution in [0.25, 0.3) is 0 Å². The smallest absolute Gasteiger partial charge is 0.264 e. The van der Waals surface area contributed by atoms with E-state index in [-0.39, 0.29) is 23.0 Å². The van der Waals surface area contributed by atoms with Crippen LogP contribution in [0.5, 0.6) is 0 Å². The molecule has 0 aliphatic heterocycles. The number of likely N-dealkylation sites (N-methyl/N-ethyl adjacent to an activating group) is 1. The summed E-state index contributed by atoms with van der Waals surface area (Å²) < 4.78 is 41.6. The van der Waals surface area contributed by atoms with Crippen LogP contribution in [0.15, 0.2) is 83.8 Å². The molecule has 10 heteroatoms. The van der Waals surface area contributed by atoms with Gasteiger partial charge in [0.15, 0.2) is 0 Å². The van der Waals surface area contributed by atoms with Gasteiger partial charge in [0, 0.05) is 18.1 Å². The molecule has 0 aliphatic carbocycles. The number of para-hydroxylation sites is 1. The molecule has 0 saturated heterocycles. The first-order valence-electron chi connectivity index (χ1n) is 11.3. The van der Waals surface area contributed by atoms with E-state index in [4.69, 9.17) is 11.6 Å². The van der Waals surface area contributed by atoms with E-state index in [1.165, 1.54) is 53.4 Å². The van der Waals surface area contributed by atoms with Crippen molar-refractivity contribution in [2.45, 2.75) is 31.3 Å². The number of hydrogen-bond donors (Lipinski definition) is 1. The van der Waals surface area contributed by atoms with Crippen molar-refractivity contribution in [1.82, 2.24) is 10.2 Å². The summed E-state index contributed by atoms with van der Waals surface area (Å²) in [6.45, 7) is 3.11. The maximum Gasteiger partial charge on any atom is 0.264 e. The molecular weight excluding hydrogens is 505 g/mol. The van der Waals surface area contributed by atoms with Crippen LogP contribution in [0.1, 0.15) is 19.4 Å². The molecule has 2 amide bonds. The van der Waals surface area contributed by atoms with Gasteiger partial charge in [-0.15, -0.1) is 0 Å². The van der Waals surface area contributed by atoms with Crippen LogP contribution in [0.4, 0.5) is 10.1 Å². The average molecular weight is 532 g/mol. The molecular formula is C26H27ClFN3O4S. The zero-order valence-electron chi connectivity index (χ0n) is 19.9. The van der Waals surface area contributed by atoms with Gasteiger partial charge in [0.2, 0.25) is 11.8 Å². The number of sulfonamides is 1. The summed E-state index contributed by atoms with van der Waals surface area (Å²) in [4.78, 5) is 27.5. The Kier molecular flexibility index (Phi) is 9.06. The number of anilines is 1. The van der Waals surface area contributed by atoms with Crippen molar-refractivity contribution in [2.24, 2.45) is 0 Å². The van der Waals surface area contributed by atoms with E-state index in [1.807, 2.05) is 0 Å². The predicted octanol–water partition coefficient (Wildman–Crippen LogP) is 4.23. The van der Waals surface area contributed by atoms with Gasteiger partial charge < -0.3 is 10.2 Å². The zero-order valence-corrected chi connectivity index (χ0v) is 21.5. The number of halogens is 2. The first-order valence-corrected chi connectivity index (χ1v) is 13.1. The highest BCUT2D eigenvalue weighted by atomic mass is 35.5. The number of benzene rings is 3. The van der Waals surface area contributed by atoms with Crippen LogP contribution in [-0.4, -0.2) is 44.3 Å². The Bertz CT molecular complexity index is 1290. The molecule has 1 N–H and O–H groups in total. The van der Waals surface area contributed by atoms with Crippen LogP contribution >= 0.6 is 11.6 Å². The highest BCUT2D eigenvalue weighted by molar-refractivity contribution is 7.92. The van der Waals surface area contributed by atoms with Crippen LogP contribution in [0.3, 0.4) is 0 Å². The van der Waals surface area contributed by atoms with E-state index in [9.17, 15) is 22.4 Å². The molecule has 0 aromatic heterocycles. The van der Waals surface area contributed by atoms with E-state index in [0.29, 0.717) is 17.1 Å². The van der Waals surface area contributed by atoms with E-state index in [0.717, 1.165) is 4.31 Å². The molecule has 0 aliphatic rings. The summed E-state index contributed by atoms with van der Waals surface area (Å²) in [6, 6.07) is 18.5. The minimum atomic E-state index is -4.16. The highest BCUT2D eigenvalue weighted by Gasteiger charge is 2.32. The third kappa shape index (κ3) is 6.61. The number of nitrogens with zero attached hydrogens (tertiary/aromatic N) is 2. The molecule has 0 spiro atoms. The van der Waals surface area contributed by atoms with Gasteiger partial charge in [-0.25, -0.2) is 12.8 Å². The minimum absolute atomic E-state index is 0.0129. The van der Waals surface area contributed by atoms with E-state index in [2.05, 4.69) is 5.32 Å². The summed E-state index contributed by atoms with van der Waals surface area (Å²) in [7, 11) is -4.16. The Morgan fingerprint density at radius 2 is 1.58 bits per heavy atom. The second-order valence-corrected chi connectivity index (χ2v) is 10.3. The fourth-order valence-corrected chi connectivity index (χ4v) is 5.09. The van der Waals surface area contributed by atoms with Gasteiger partial charge in [0.05, 0.1) is 10.6 Å². The van der Waals surface area contributed by atoms with Gasteiger partial charge in [-0.1, -0.05) is 41.9 Å². The van der Waals surface area contributed by atoms with Gasteiger partial charge in [0.25, 0.3) is 10.0 Å². The van der Waals surface area contributed by atoms with Gasteiger partial charge in [-0.05, 0) is 67.9 Å². The molecule has 0 bridgehead atoms. The molecule has 0 saturated carbocycles. The maximum absolute atomic E-state index is 13.6. The van der Waals surface area contributed by atoms with Crippen molar-refractivity contribution in [3.63, 3.8) is 0 Å². The summed E-state index contributed by atoms with van der Waals surface area (Å²) >= 11 is 5.93. The second-order valence-electron chi connectivity index (χ2n) is 8.02. The molecule has 3 rings (SSSR count). The molecule has 0 heterocycles. The standard InChI is InChI=1S/C26H27ClFN3O4S/c1-3-29-26(33)19(2)30(17-20-9-13-22(28)14-10-20)25(32)18-31(23-7-5-4-6-8-23)36(34,35)24-15-11-21(27)12-16-24/h4-16,19H,3,17-18H2,1-2H3,(H,29,33)/t19-/m0/s1. The topological polar surface area (TPSA) is 86.8 Å². The third-order valence-corrected chi connectivity index (χ3v) is 7.55. The first kappa shape index (κ1) is 27.2. The molecule has 36 heavy (non-hydrogen) atoms. The summed E-state index contributed by atoms with van der Waals surface area (Å²) in [6.07, 6.45) is 0. The molecule has 1 atom stereocenters. The van der Waals surface area contributed by atoms with Crippen molar-refractivity contribution in [1.29, 1.82) is 0 Å². The molecule has 0 fully saturated rings. The fourth-order valence-electron chi connectivity index (χ4n) is 3.55. The molecule has 0 unspecified atom stereocenters. The average Bonchev–Trinajstić information content (AvgIpc) is 2.87. The van der Waals surface area contributed by atoms with E-state index < -0.39 is 34.3 Å². The Morgan fingerprint density at radius 1 is 0.972 bits per heavy atom. The molecule has 3 aromatic carbocycles. The van der Waals surface area contributed by atoms with Gasteiger partial charge in [-0.3, -0.25) is 13.9 Å². The number of amides is 2. The second kappa shape index (κ2) is 12.0. The Labute approximate surface area is 215 Å². The summed E-state index contributed by atoms with van der Waals surface area (Å²) in [5.74, 6) is -1.42. The van der Waals surface area contributed by atoms with Crippen molar-refractivity contribution >= 4 is 39.1 Å². The van der Waals surface area contributed by atoms with Crippen LogP contribution in [0.2, 0.25) is 5.02 Å². The van der Waals surface area contributed by atoms with Gasteiger partial charge in [-0.2, -0.15) is 0 Å². The summed E-state index contributed by atoms with van der Waals surface area (Å²) in [5, 5.41) is 3.06. The number of carbonyl (C=O) groups excluding carboxylic acids is 2. The summed E-state index contributed by atoms with van der Waals surface area (Å²) in [5.41, 5.74) is 0.876. The SMILES string of the molecule is CCNC(=O)[C@H](C)N(Cc1ccc(F)cc1)C(=O)CN(c1ccccc1)S(=O)(=O)c1ccc(Cl)cc1. The minimum Gasteiger partial charge on any atom is -0.355 e. The number of carbonyl (C=O) groups is 2. The number of nitrogens with one attached hydrogen (secondary N) is 1. The van der Waals surface area contributed by atoms with Gasteiger partial charge >= 0.3 is 0 Å². The van der Waals surface area contributed by atoms with Crippen LogP contribution in [-0.2, 0) is 26.2 Å². The van der Waals surface area contributed by atoms with Crippen LogP contribution in [0, 0.1) is 5.82 Å². The lowest BCUT2D eigenvalue weighted by Gasteiger charge is -2.32. The maximum atomic E-state index is 13.6. The predicted molar refractivity (Wildman–Crippen MR) is 138 cm³/mol. The Balaban J connectivity index is 1.99. The first-order chi connectivity index (χ1) is 17.1. The zero-order chi connectivity index (χ0) is 26.3. The lowest BCUT2D eigenvalue weighted by molar-refractivity contribution is -0.139. The van der Waals surface area contributed by atoms with Crippen molar-refractivity contribution < 1.29 is 22.4 Å². The van der Waals surface area contributed by atoms with Crippen molar-refractivity contribution in [3.8, 4) is 0 Å². The molecule has 7 nitrogen and oxygen atoms in total. The normalized spacial score (nSPS) is 12.0. The fraction of sp³-hybridized carbons (Fsp3) is 0.231. The highest BCUT2D eigenvalue weighted by Crippen LogP contribution is 2.25. The quantitative estimate of drug-likeness (QED) is 0.424. The molecule has 3 aromatic rings. The lowest BCUT2D eigenvalue weighted by atomic mass is 10.1. The van der Waals surface area contributed by atoms with Crippen LogP contribution < -0.4 is 9.62 Å². The van der Waals surface area contributed by atoms with Gasteiger partial charge in [0.1, 0.15) is 18.4 Å². The molecule has 0 radical (unpaired) electrons. The number of rotatable bonds is 10. The van der Waals surface area contributed by atoms with Crippen molar-refractivity contribution in [2.75, 3.05) is 17.4 Å². The van der Waals surface area contributed by atoms with E-state index >= 15 is 0 Å². The Hall–Kier alpha value is -3.43. The number of hydrogen-bond acceptors (Lipinski definition) is 4. The lowest BCUT2D eigenvalue weighted by Crippen LogP contribution is -2.51. The van der Waals surface area contributed by atoms with E-state index in [1.54, 1.807) is 44.2 Å². The Morgan fingerprint density at radius 3 is 2.17 bits per heavy atom. The monoisotopic (exact) mass is 531 g/mol. The third-order valence-electron chi connectivity index (χ3n) is 5.51.